The van der Waals surface area contributed by atoms with Gasteiger partial charge in [-0.05, 0) is 43.5 Å². The van der Waals surface area contributed by atoms with Crippen molar-refractivity contribution in [3.8, 4) is 0 Å². The number of hydrogen-bond donors (Lipinski definition) is 2. The Morgan fingerprint density at radius 3 is 2.70 bits per heavy atom. The van der Waals surface area contributed by atoms with Gasteiger partial charge in [-0.25, -0.2) is 0 Å². The number of carbonyl (C=O) groups is 2. The molecule has 0 spiro atoms. The molecule has 2 aromatic rings. The standard InChI is InChI=1S/C17H20N2O3S/c1-11-10-14(19-16(20)13-8-5-9-22-13)23-15(11)17(21)18-12-6-3-2-4-7-12/h5,8-10,12H,2-4,6-7H2,1H3,(H,18,21)(H,19,20). The summed E-state index contributed by atoms with van der Waals surface area (Å²) in [4.78, 5) is 25.1. The SMILES string of the molecule is Cc1cc(NC(=O)c2ccco2)sc1C(=O)NC1CCCCC1. The third-order valence-corrected chi connectivity index (χ3v) is 5.20. The molecule has 1 aliphatic carbocycles. The first-order valence-electron chi connectivity index (χ1n) is 7.89. The van der Waals surface area contributed by atoms with Crippen LogP contribution in [0.15, 0.2) is 28.9 Å². The van der Waals surface area contributed by atoms with E-state index in [2.05, 4.69) is 10.6 Å². The average molecular weight is 332 g/mol. The fraction of sp³-hybridized carbons (Fsp3) is 0.412. The van der Waals surface area contributed by atoms with Crippen LogP contribution in [0.4, 0.5) is 5.00 Å². The van der Waals surface area contributed by atoms with Gasteiger partial charge in [0.25, 0.3) is 11.8 Å². The molecule has 2 amide bonds. The molecule has 0 aromatic carbocycles. The molecule has 0 unspecified atom stereocenters. The summed E-state index contributed by atoms with van der Waals surface area (Å²) < 4.78 is 5.07. The summed E-state index contributed by atoms with van der Waals surface area (Å²) in [5, 5.41) is 6.53. The second-order valence-corrected chi connectivity index (χ2v) is 6.91. The molecule has 0 aliphatic heterocycles. The Bertz CT molecular complexity index is 685. The highest BCUT2D eigenvalue weighted by Gasteiger charge is 2.20. The maximum atomic E-state index is 12.4. The zero-order valence-electron chi connectivity index (χ0n) is 13.1. The Hall–Kier alpha value is -2.08. The van der Waals surface area contributed by atoms with E-state index in [9.17, 15) is 9.59 Å². The smallest absolute Gasteiger partial charge is 0.291 e. The molecule has 0 saturated heterocycles. The van der Waals surface area contributed by atoms with Gasteiger partial charge in [0.1, 0.15) is 0 Å². The number of nitrogens with one attached hydrogen (secondary N) is 2. The molecular formula is C17H20N2O3S. The molecule has 2 N–H and O–H groups in total. The van der Waals surface area contributed by atoms with E-state index in [0.29, 0.717) is 9.88 Å². The van der Waals surface area contributed by atoms with Crippen molar-refractivity contribution in [1.82, 2.24) is 5.32 Å². The van der Waals surface area contributed by atoms with E-state index < -0.39 is 0 Å². The van der Waals surface area contributed by atoms with Gasteiger partial charge in [0.15, 0.2) is 5.76 Å². The van der Waals surface area contributed by atoms with Gasteiger partial charge >= 0.3 is 0 Å². The van der Waals surface area contributed by atoms with Crippen LogP contribution in [0.5, 0.6) is 0 Å². The lowest BCUT2D eigenvalue weighted by Crippen LogP contribution is -2.36. The summed E-state index contributed by atoms with van der Waals surface area (Å²) >= 11 is 1.30. The lowest BCUT2D eigenvalue weighted by molar-refractivity contribution is 0.0930. The predicted octanol–water partition coefficient (Wildman–Crippen LogP) is 3.96. The minimum atomic E-state index is -0.310. The molecule has 1 fully saturated rings. The van der Waals surface area contributed by atoms with Crippen LogP contribution in [0.1, 0.15) is 57.9 Å². The molecular weight excluding hydrogens is 312 g/mol. The highest BCUT2D eigenvalue weighted by Crippen LogP contribution is 2.28. The molecule has 1 saturated carbocycles. The van der Waals surface area contributed by atoms with E-state index in [-0.39, 0.29) is 23.6 Å². The van der Waals surface area contributed by atoms with Gasteiger partial charge in [0.05, 0.1) is 16.1 Å². The Labute approximate surface area is 139 Å². The summed E-state index contributed by atoms with van der Waals surface area (Å²) in [6, 6.07) is 5.37. The first kappa shape index (κ1) is 15.8. The maximum Gasteiger partial charge on any atom is 0.291 e. The predicted molar refractivity (Wildman–Crippen MR) is 90.1 cm³/mol. The Morgan fingerprint density at radius 1 is 1.22 bits per heavy atom. The first-order valence-corrected chi connectivity index (χ1v) is 8.71. The lowest BCUT2D eigenvalue weighted by atomic mass is 9.95. The topological polar surface area (TPSA) is 71.3 Å². The maximum absolute atomic E-state index is 12.4. The van der Waals surface area contributed by atoms with Gasteiger partial charge < -0.3 is 15.1 Å². The van der Waals surface area contributed by atoms with Gasteiger partial charge in [-0.3, -0.25) is 9.59 Å². The van der Waals surface area contributed by atoms with Gasteiger partial charge in [0.2, 0.25) is 0 Å². The van der Waals surface area contributed by atoms with Gasteiger partial charge in [-0.1, -0.05) is 19.3 Å². The summed E-state index contributed by atoms with van der Waals surface area (Å²) in [7, 11) is 0. The molecule has 2 aromatic heterocycles. The number of aryl methyl sites for hydroxylation is 1. The van der Waals surface area contributed by atoms with Crippen LogP contribution in [0.2, 0.25) is 0 Å². The number of hydrogen-bond acceptors (Lipinski definition) is 4. The number of furan rings is 1. The molecule has 122 valence electrons. The molecule has 6 heteroatoms. The van der Waals surface area contributed by atoms with E-state index >= 15 is 0 Å². The van der Waals surface area contributed by atoms with Gasteiger partial charge in [-0.15, -0.1) is 11.3 Å². The van der Waals surface area contributed by atoms with Crippen molar-refractivity contribution in [2.24, 2.45) is 0 Å². The fourth-order valence-electron chi connectivity index (χ4n) is 2.85. The lowest BCUT2D eigenvalue weighted by Gasteiger charge is -2.22. The minimum absolute atomic E-state index is 0.0436. The molecule has 0 radical (unpaired) electrons. The Morgan fingerprint density at radius 2 is 2.00 bits per heavy atom. The third kappa shape index (κ3) is 3.82. The normalized spacial score (nSPS) is 15.3. The number of thiophene rings is 1. The molecule has 0 bridgehead atoms. The van der Waals surface area contributed by atoms with E-state index in [1.165, 1.54) is 36.9 Å². The van der Waals surface area contributed by atoms with Crippen molar-refractivity contribution in [3.05, 3.63) is 40.7 Å². The highest BCUT2D eigenvalue weighted by atomic mass is 32.1. The molecule has 1 aliphatic rings. The zero-order valence-corrected chi connectivity index (χ0v) is 13.9. The summed E-state index contributed by atoms with van der Waals surface area (Å²) in [5.41, 5.74) is 0.873. The van der Waals surface area contributed by atoms with E-state index in [1.54, 1.807) is 12.1 Å². The van der Waals surface area contributed by atoms with Crippen LogP contribution in [0.3, 0.4) is 0 Å². The second kappa shape index (κ2) is 7.00. The molecule has 3 rings (SSSR count). The largest absolute Gasteiger partial charge is 0.459 e. The van der Waals surface area contributed by atoms with Crippen LogP contribution in [-0.2, 0) is 0 Å². The number of amides is 2. The number of carbonyl (C=O) groups excluding carboxylic acids is 2. The van der Waals surface area contributed by atoms with Crippen molar-refractivity contribution >= 4 is 28.2 Å². The van der Waals surface area contributed by atoms with Crippen LogP contribution >= 0.6 is 11.3 Å². The molecule has 0 atom stereocenters. The first-order chi connectivity index (χ1) is 11.1. The van der Waals surface area contributed by atoms with E-state index in [4.69, 9.17) is 4.42 Å². The summed E-state index contributed by atoms with van der Waals surface area (Å²) in [5.74, 6) is -0.0994. The third-order valence-electron chi connectivity index (χ3n) is 4.05. The quantitative estimate of drug-likeness (QED) is 0.890. The zero-order chi connectivity index (χ0) is 16.2. The van der Waals surface area contributed by atoms with Crippen molar-refractivity contribution in [2.75, 3.05) is 5.32 Å². The van der Waals surface area contributed by atoms with E-state index in [1.807, 2.05) is 13.0 Å². The monoisotopic (exact) mass is 332 g/mol. The van der Waals surface area contributed by atoms with Gasteiger partial charge in [-0.2, -0.15) is 0 Å². The number of rotatable bonds is 4. The van der Waals surface area contributed by atoms with Crippen LogP contribution in [-0.4, -0.2) is 17.9 Å². The van der Waals surface area contributed by atoms with Crippen LogP contribution in [0.25, 0.3) is 0 Å². The van der Waals surface area contributed by atoms with Gasteiger partial charge in [0, 0.05) is 6.04 Å². The summed E-state index contributed by atoms with van der Waals surface area (Å²) in [6.45, 7) is 1.88. The Kier molecular flexibility index (Phi) is 4.81. The Balaban J connectivity index is 1.65. The average Bonchev–Trinajstić information content (AvgIpc) is 3.18. The van der Waals surface area contributed by atoms with Crippen LogP contribution in [0, 0.1) is 6.92 Å². The molecule has 5 nitrogen and oxygen atoms in total. The highest BCUT2D eigenvalue weighted by molar-refractivity contribution is 7.18. The van der Waals surface area contributed by atoms with E-state index in [0.717, 1.165) is 18.4 Å². The van der Waals surface area contributed by atoms with Crippen LogP contribution < -0.4 is 10.6 Å². The second-order valence-electron chi connectivity index (χ2n) is 5.86. The van der Waals surface area contributed by atoms with Crippen molar-refractivity contribution in [2.45, 2.75) is 45.1 Å². The minimum Gasteiger partial charge on any atom is -0.459 e. The van der Waals surface area contributed by atoms with Crippen molar-refractivity contribution in [3.63, 3.8) is 0 Å². The molecule has 2 heterocycles. The molecule has 23 heavy (non-hydrogen) atoms. The fourth-order valence-corrected chi connectivity index (χ4v) is 3.82. The van der Waals surface area contributed by atoms with Crippen molar-refractivity contribution < 1.29 is 14.0 Å². The number of anilines is 1. The summed E-state index contributed by atoms with van der Waals surface area (Å²) in [6.07, 6.45) is 7.18. The van der Waals surface area contributed by atoms with Crippen molar-refractivity contribution in [1.29, 1.82) is 0 Å².